The van der Waals surface area contributed by atoms with Gasteiger partial charge in [0.05, 0.1) is 10.7 Å². The molecule has 0 unspecified atom stereocenters. The zero-order valence-electron chi connectivity index (χ0n) is 12.4. The first-order valence-electron chi connectivity index (χ1n) is 7.01. The van der Waals surface area contributed by atoms with Gasteiger partial charge in [-0.15, -0.1) is 0 Å². The molecule has 0 radical (unpaired) electrons. The first kappa shape index (κ1) is 15.6. The van der Waals surface area contributed by atoms with E-state index in [4.69, 9.17) is 38.0 Å². The quantitative estimate of drug-likeness (QED) is 0.576. The fourth-order valence-corrected chi connectivity index (χ4v) is 2.96. The number of primary amides is 1. The molecule has 0 aliphatic rings. The monoisotopic (exact) mass is 374 g/mol. The molecule has 0 spiro atoms. The van der Waals surface area contributed by atoms with Gasteiger partial charge in [0, 0.05) is 10.4 Å². The van der Waals surface area contributed by atoms with E-state index in [0.717, 1.165) is 0 Å². The molecular formula is C16H8Cl2N4O3. The van der Waals surface area contributed by atoms with Crippen molar-refractivity contribution in [3.8, 4) is 0 Å². The summed E-state index contributed by atoms with van der Waals surface area (Å²) in [6, 6.07) is 9.80. The SMILES string of the molecule is NC(=O)c1cc2cc(Cl)cc(Cl)c2oc1=Nc1cccc2nonc12. The van der Waals surface area contributed by atoms with Gasteiger partial charge in [0.1, 0.15) is 11.1 Å². The Morgan fingerprint density at radius 3 is 2.80 bits per heavy atom. The number of nitrogens with zero attached hydrogens (tertiary/aromatic N) is 3. The van der Waals surface area contributed by atoms with Crippen molar-refractivity contribution in [2.75, 3.05) is 0 Å². The third-order valence-corrected chi connectivity index (χ3v) is 4.02. The van der Waals surface area contributed by atoms with Crippen LogP contribution in [-0.4, -0.2) is 16.2 Å². The molecule has 4 aromatic rings. The summed E-state index contributed by atoms with van der Waals surface area (Å²) in [6.07, 6.45) is 0. The molecule has 0 aliphatic heterocycles. The summed E-state index contributed by atoms with van der Waals surface area (Å²) in [5.74, 6) is -0.703. The molecule has 1 amide bonds. The molecule has 124 valence electrons. The smallest absolute Gasteiger partial charge is 0.254 e. The van der Waals surface area contributed by atoms with Gasteiger partial charge in [0.15, 0.2) is 11.1 Å². The lowest BCUT2D eigenvalue weighted by atomic mass is 10.1. The lowest BCUT2D eigenvalue weighted by Gasteiger charge is -2.04. The molecule has 0 bridgehead atoms. The molecule has 4 rings (SSSR count). The first-order valence-corrected chi connectivity index (χ1v) is 7.77. The van der Waals surface area contributed by atoms with Crippen molar-refractivity contribution in [1.82, 2.24) is 10.3 Å². The summed E-state index contributed by atoms with van der Waals surface area (Å²) >= 11 is 12.2. The first-order chi connectivity index (χ1) is 12.0. The van der Waals surface area contributed by atoms with Gasteiger partial charge in [-0.05, 0) is 40.6 Å². The maximum absolute atomic E-state index is 11.8. The van der Waals surface area contributed by atoms with E-state index < -0.39 is 5.91 Å². The summed E-state index contributed by atoms with van der Waals surface area (Å²) in [5.41, 5.74) is 7.23. The van der Waals surface area contributed by atoms with Crippen molar-refractivity contribution in [1.29, 1.82) is 0 Å². The average molecular weight is 375 g/mol. The molecule has 7 nitrogen and oxygen atoms in total. The maximum atomic E-state index is 11.8. The van der Waals surface area contributed by atoms with Crippen LogP contribution in [0.2, 0.25) is 10.0 Å². The van der Waals surface area contributed by atoms with Crippen molar-refractivity contribution in [2.45, 2.75) is 0 Å². The minimum absolute atomic E-state index is 0.000257. The second-order valence-electron chi connectivity index (χ2n) is 5.16. The van der Waals surface area contributed by atoms with Crippen LogP contribution < -0.4 is 11.3 Å². The third-order valence-electron chi connectivity index (χ3n) is 3.52. The van der Waals surface area contributed by atoms with Crippen LogP contribution in [0.1, 0.15) is 10.4 Å². The number of aromatic nitrogens is 2. The van der Waals surface area contributed by atoms with E-state index in [1.165, 1.54) is 12.1 Å². The van der Waals surface area contributed by atoms with Crippen LogP contribution in [0.15, 0.2) is 50.4 Å². The number of amides is 1. The van der Waals surface area contributed by atoms with Crippen molar-refractivity contribution in [3.05, 3.63) is 57.6 Å². The van der Waals surface area contributed by atoms with E-state index >= 15 is 0 Å². The van der Waals surface area contributed by atoms with Gasteiger partial charge >= 0.3 is 0 Å². The maximum Gasteiger partial charge on any atom is 0.254 e. The number of halogens is 2. The Morgan fingerprint density at radius 2 is 2.00 bits per heavy atom. The van der Waals surface area contributed by atoms with Crippen LogP contribution in [0, 0.1) is 0 Å². The summed E-state index contributed by atoms with van der Waals surface area (Å²) < 4.78 is 10.4. The molecule has 25 heavy (non-hydrogen) atoms. The van der Waals surface area contributed by atoms with Crippen LogP contribution in [0.4, 0.5) is 5.69 Å². The summed E-state index contributed by atoms with van der Waals surface area (Å²) in [7, 11) is 0. The van der Waals surface area contributed by atoms with Crippen molar-refractivity contribution < 1.29 is 13.8 Å². The second-order valence-corrected chi connectivity index (χ2v) is 6.00. The summed E-state index contributed by atoms with van der Waals surface area (Å²) in [4.78, 5) is 16.2. The number of benzene rings is 2. The minimum Gasteiger partial charge on any atom is -0.436 e. The van der Waals surface area contributed by atoms with Crippen molar-refractivity contribution in [2.24, 2.45) is 10.7 Å². The number of hydrogen-bond acceptors (Lipinski definition) is 6. The van der Waals surface area contributed by atoms with E-state index in [0.29, 0.717) is 32.7 Å². The topological polar surface area (TPSA) is 108 Å². The largest absolute Gasteiger partial charge is 0.436 e. The average Bonchev–Trinajstić information content (AvgIpc) is 3.04. The lowest BCUT2D eigenvalue weighted by Crippen LogP contribution is -2.21. The van der Waals surface area contributed by atoms with E-state index in [1.54, 1.807) is 24.3 Å². The van der Waals surface area contributed by atoms with Crippen LogP contribution >= 0.6 is 23.2 Å². The Hall–Kier alpha value is -2.90. The summed E-state index contributed by atoms with van der Waals surface area (Å²) in [6.45, 7) is 0. The van der Waals surface area contributed by atoms with Gasteiger partial charge in [-0.3, -0.25) is 4.79 Å². The van der Waals surface area contributed by atoms with Gasteiger partial charge in [0.2, 0.25) is 5.55 Å². The minimum atomic E-state index is -0.703. The molecule has 9 heteroatoms. The standard InChI is InChI=1S/C16H8Cl2N4O3/c17-8-4-7-5-9(15(19)23)16(24-14(7)10(18)6-8)20-11-2-1-3-12-13(11)22-25-21-12/h1-6H,(H2,19,23). The predicted molar refractivity (Wildman–Crippen MR) is 91.8 cm³/mol. The van der Waals surface area contributed by atoms with Gasteiger partial charge in [-0.1, -0.05) is 29.3 Å². The van der Waals surface area contributed by atoms with Crippen LogP contribution in [-0.2, 0) is 0 Å². The fraction of sp³-hybridized carbons (Fsp3) is 0. The number of nitrogens with two attached hydrogens (primary N) is 1. The normalized spacial score (nSPS) is 12.2. The Kier molecular flexibility index (Phi) is 3.67. The van der Waals surface area contributed by atoms with Crippen molar-refractivity contribution in [3.63, 3.8) is 0 Å². The third kappa shape index (κ3) is 2.73. The predicted octanol–water partition coefficient (Wildman–Crippen LogP) is 3.61. The molecule has 0 saturated carbocycles. The van der Waals surface area contributed by atoms with Gasteiger partial charge < -0.3 is 10.2 Å². The lowest BCUT2D eigenvalue weighted by molar-refractivity contribution is 0.0996. The van der Waals surface area contributed by atoms with Crippen LogP contribution in [0.5, 0.6) is 0 Å². The molecule has 2 N–H and O–H groups in total. The molecule has 2 heterocycles. The summed E-state index contributed by atoms with van der Waals surface area (Å²) in [5, 5.41) is 8.78. The highest BCUT2D eigenvalue weighted by Crippen LogP contribution is 2.28. The van der Waals surface area contributed by atoms with E-state index in [2.05, 4.69) is 15.3 Å². The van der Waals surface area contributed by atoms with E-state index in [-0.39, 0.29) is 16.1 Å². The highest BCUT2D eigenvalue weighted by atomic mass is 35.5. The van der Waals surface area contributed by atoms with Gasteiger partial charge in [0.25, 0.3) is 5.91 Å². The zero-order chi connectivity index (χ0) is 17.6. The van der Waals surface area contributed by atoms with Gasteiger partial charge in [-0.25, -0.2) is 9.62 Å². The number of carbonyl (C=O) groups is 1. The Balaban J connectivity index is 2.07. The molecule has 0 saturated heterocycles. The molecule has 0 atom stereocenters. The van der Waals surface area contributed by atoms with E-state index in [1.807, 2.05) is 0 Å². The molecule has 2 aromatic heterocycles. The Morgan fingerprint density at radius 1 is 1.16 bits per heavy atom. The Labute approximate surface area is 149 Å². The molecule has 2 aromatic carbocycles. The second kappa shape index (κ2) is 5.87. The fourth-order valence-electron chi connectivity index (χ4n) is 2.42. The zero-order valence-corrected chi connectivity index (χ0v) is 13.9. The van der Waals surface area contributed by atoms with E-state index in [9.17, 15) is 4.79 Å². The number of rotatable bonds is 2. The highest BCUT2D eigenvalue weighted by molar-refractivity contribution is 6.38. The highest BCUT2D eigenvalue weighted by Gasteiger charge is 2.13. The number of fused-ring (bicyclic) bond motifs is 2. The number of hydrogen-bond donors (Lipinski definition) is 1. The Bertz CT molecular complexity index is 1210. The molecule has 0 aliphatic carbocycles. The van der Waals surface area contributed by atoms with Crippen LogP contribution in [0.3, 0.4) is 0 Å². The number of carbonyl (C=O) groups excluding carboxylic acids is 1. The van der Waals surface area contributed by atoms with Crippen molar-refractivity contribution >= 4 is 56.8 Å². The molecule has 0 fully saturated rings. The van der Waals surface area contributed by atoms with Gasteiger partial charge in [-0.2, -0.15) is 0 Å². The molecular weight excluding hydrogens is 367 g/mol. The van der Waals surface area contributed by atoms with Crippen LogP contribution in [0.25, 0.3) is 22.0 Å².